The molecule has 0 aliphatic carbocycles. The van der Waals surface area contributed by atoms with E-state index in [2.05, 4.69) is 9.97 Å². The summed E-state index contributed by atoms with van der Waals surface area (Å²) in [5.41, 5.74) is 6.20. The maximum Gasteiger partial charge on any atom is 0.320 e. The molecule has 2 aliphatic rings. The Labute approximate surface area is 156 Å². The quantitative estimate of drug-likeness (QED) is 0.841. The third kappa shape index (κ3) is 3.15. The van der Waals surface area contributed by atoms with Crippen LogP contribution in [0.15, 0.2) is 24.7 Å². The largest absolute Gasteiger partial charge is 0.385 e. The Kier molecular flexibility index (Phi) is 4.53. The normalized spacial score (nSPS) is 18.8. The summed E-state index contributed by atoms with van der Waals surface area (Å²) in [5.74, 6) is -0.147. The maximum absolute atomic E-state index is 15.2. The number of aromatic nitrogens is 2. The first kappa shape index (κ1) is 17.8. The molecule has 0 radical (unpaired) electrons. The number of ether oxygens (including phenoxy) is 1. The number of fused-ring (bicyclic) bond motifs is 1. The van der Waals surface area contributed by atoms with Gasteiger partial charge in [-0.2, -0.15) is 0 Å². The van der Waals surface area contributed by atoms with E-state index in [-0.39, 0.29) is 5.82 Å². The van der Waals surface area contributed by atoms with Gasteiger partial charge >= 0.3 is 6.03 Å². The average molecular weight is 372 g/mol. The Morgan fingerprint density at radius 2 is 2.07 bits per heavy atom. The number of amides is 2. The minimum atomic E-state index is -1.03. The highest BCUT2D eigenvalue weighted by molar-refractivity contribution is 5.91. The number of primary amides is 1. The van der Waals surface area contributed by atoms with Gasteiger partial charge in [-0.3, -0.25) is 9.88 Å². The van der Waals surface area contributed by atoms with Crippen LogP contribution in [0.2, 0.25) is 0 Å². The Bertz CT molecular complexity index is 883. The standard InChI is InChI=1S/C19H21FN4O3/c20-16-14-2-1-5-24(18(21)25)17(14)23-11-15(16)12-8-13(10-22-9-12)19(26)3-6-27-7-4-19/h8-11,26H,1-7H2,(H2,21,25). The van der Waals surface area contributed by atoms with Crippen molar-refractivity contribution in [1.29, 1.82) is 0 Å². The van der Waals surface area contributed by atoms with E-state index in [1.807, 2.05) is 0 Å². The topological polar surface area (TPSA) is 102 Å². The highest BCUT2D eigenvalue weighted by Crippen LogP contribution is 2.36. The molecular formula is C19H21FN4O3. The van der Waals surface area contributed by atoms with Crippen molar-refractivity contribution in [3.63, 3.8) is 0 Å². The van der Waals surface area contributed by atoms with Crippen LogP contribution in [0.25, 0.3) is 11.1 Å². The summed E-state index contributed by atoms with van der Waals surface area (Å²) >= 11 is 0. The van der Waals surface area contributed by atoms with Crippen LogP contribution in [-0.4, -0.2) is 40.9 Å². The summed E-state index contributed by atoms with van der Waals surface area (Å²) in [6.45, 7) is 1.37. The zero-order valence-corrected chi connectivity index (χ0v) is 14.8. The lowest BCUT2D eigenvalue weighted by molar-refractivity contribution is -0.0680. The van der Waals surface area contributed by atoms with E-state index in [9.17, 15) is 9.90 Å². The van der Waals surface area contributed by atoms with E-state index in [0.717, 1.165) is 0 Å². The van der Waals surface area contributed by atoms with Crippen LogP contribution >= 0.6 is 0 Å². The number of nitrogens with two attached hydrogens (primary N) is 1. The zero-order valence-electron chi connectivity index (χ0n) is 14.8. The minimum absolute atomic E-state index is 0.280. The highest BCUT2D eigenvalue weighted by Gasteiger charge is 2.33. The fourth-order valence-corrected chi connectivity index (χ4v) is 3.75. The SMILES string of the molecule is NC(=O)N1CCCc2c1ncc(-c1cncc(C3(O)CCOCC3)c1)c2F. The molecule has 4 heterocycles. The van der Waals surface area contributed by atoms with Crippen LogP contribution < -0.4 is 10.6 Å². The van der Waals surface area contributed by atoms with Crippen molar-refractivity contribution < 1.29 is 19.0 Å². The van der Waals surface area contributed by atoms with Gasteiger partial charge in [0.25, 0.3) is 0 Å². The molecular weight excluding hydrogens is 351 g/mol. The lowest BCUT2D eigenvalue weighted by Crippen LogP contribution is -2.40. The van der Waals surface area contributed by atoms with Gasteiger partial charge in [0.05, 0.1) is 5.60 Å². The number of carbonyl (C=O) groups is 1. The molecule has 8 heteroatoms. The van der Waals surface area contributed by atoms with Crippen LogP contribution in [0, 0.1) is 5.82 Å². The van der Waals surface area contributed by atoms with Gasteiger partial charge < -0.3 is 15.6 Å². The van der Waals surface area contributed by atoms with Gasteiger partial charge in [-0.1, -0.05) is 0 Å². The van der Waals surface area contributed by atoms with Crippen LogP contribution in [0.1, 0.15) is 30.4 Å². The van der Waals surface area contributed by atoms with Crippen LogP contribution in [-0.2, 0) is 16.8 Å². The molecule has 4 rings (SSSR count). The Morgan fingerprint density at radius 1 is 1.30 bits per heavy atom. The lowest BCUT2D eigenvalue weighted by atomic mass is 9.86. The molecule has 1 saturated heterocycles. The molecule has 7 nitrogen and oxygen atoms in total. The fraction of sp³-hybridized carbons (Fsp3) is 0.421. The number of pyridine rings is 2. The maximum atomic E-state index is 15.2. The van der Waals surface area contributed by atoms with E-state index in [4.69, 9.17) is 10.5 Å². The number of nitrogens with zero attached hydrogens (tertiary/aromatic N) is 3. The van der Waals surface area contributed by atoms with Crippen molar-refractivity contribution in [3.8, 4) is 11.1 Å². The number of hydrogen-bond acceptors (Lipinski definition) is 5. The predicted molar refractivity (Wildman–Crippen MR) is 96.6 cm³/mol. The number of aliphatic hydroxyl groups is 1. The van der Waals surface area contributed by atoms with Gasteiger partial charge in [-0.25, -0.2) is 14.2 Å². The van der Waals surface area contributed by atoms with E-state index >= 15 is 4.39 Å². The van der Waals surface area contributed by atoms with Crippen LogP contribution in [0.4, 0.5) is 15.0 Å². The predicted octanol–water partition coefficient (Wildman–Crippen LogP) is 2.11. The van der Waals surface area contributed by atoms with Gasteiger partial charge in [-0.05, 0) is 18.9 Å². The summed E-state index contributed by atoms with van der Waals surface area (Å²) in [7, 11) is 0. The first-order chi connectivity index (χ1) is 13.0. The van der Waals surface area contributed by atoms with Gasteiger partial charge in [-0.15, -0.1) is 0 Å². The molecule has 2 amide bonds. The Balaban J connectivity index is 1.74. The summed E-state index contributed by atoms with van der Waals surface area (Å²) in [4.78, 5) is 21.4. The zero-order chi connectivity index (χ0) is 19.0. The van der Waals surface area contributed by atoms with Crippen molar-refractivity contribution in [2.75, 3.05) is 24.7 Å². The van der Waals surface area contributed by atoms with Gasteiger partial charge in [0.15, 0.2) is 0 Å². The molecule has 27 heavy (non-hydrogen) atoms. The third-order valence-corrected chi connectivity index (χ3v) is 5.32. The second kappa shape index (κ2) is 6.86. The number of hydrogen-bond donors (Lipinski definition) is 2. The molecule has 0 unspecified atom stereocenters. The van der Waals surface area contributed by atoms with Gasteiger partial charge in [0.1, 0.15) is 11.6 Å². The van der Waals surface area contributed by atoms with Crippen molar-refractivity contribution >= 4 is 11.8 Å². The van der Waals surface area contributed by atoms with E-state index in [0.29, 0.717) is 67.7 Å². The lowest BCUT2D eigenvalue weighted by Gasteiger charge is -2.32. The summed E-state index contributed by atoms with van der Waals surface area (Å²) in [5, 5.41) is 10.9. The van der Waals surface area contributed by atoms with E-state index in [1.165, 1.54) is 11.1 Å². The third-order valence-electron chi connectivity index (χ3n) is 5.32. The number of carbonyl (C=O) groups excluding carboxylic acids is 1. The second-order valence-corrected chi connectivity index (χ2v) is 6.99. The number of rotatable bonds is 2. The molecule has 2 aromatic heterocycles. The molecule has 0 spiro atoms. The van der Waals surface area contributed by atoms with Gasteiger partial charge in [0.2, 0.25) is 0 Å². The monoisotopic (exact) mass is 372 g/mol. The molecule has 2 aromatic rings. The number of anilines is 1. The molecule has 0 saturated carbocycles. The fourth-order valence-electron chi connectivity index (χ4n) is 3.75. The first-order valence-corrected chi connectivity index (χ1v) is 9.00. The first-order valence-electron chi connectivity index (χ1n) is 9.00. The molecule has 142 valence electrons. The molecule has 0 aromatic carbocycles. The van der Waals surface area contributed by atoms with Crippen molar-refractivity contribution in [2.45, 2.75) is 31.3 Å². The molecule has 0 atom stereocenters. The molecule has 3 N–H and O–H groups in total. The van der Waals surface area contributed by atoms with E-state index in [1.54, 1.807) is 18.5 Å². The van der Waals surface area contributed by atoms with Crippen molar-refractivity contribution in [2.24, 2.45) is 5.73 Å². The summed E-state index contributed by atoms with van der Waals surface area (Å²) in [6, 6.07) is 1.11. The summed E-state index contributed by atoms with van der Waals surface area (Å²) in [6.07, 6.45) is 6.59. The Morgan fingerprint density at radius 3 is 2.81 bits per heavy atom. The van der Waals surface area contributed by atoms with Crippen LogP contribution in [0.5, 0.6) is 0 Å². The van der Waals surface area contributed by atoms with Crippen LogP contribution in [0.3, 0.4) is 0 Å². The number of urea groups is 1. The van der Waals surface area contributed by atoms with Gasteiger partial charge in [0, 0.05) is 73.4 Å². The van der Waals surface area contributed by atoms with E-state index < -0.39 is 17.4 Å². The minimum Gasteiger partial charge on any atom is -0.385 e. The molecule has 1 fully saturated rings. The average Bonchev–Trinajstić information content (AvgIpc) is 2.68. The Hall–Kier alpha value is -2.58. The summed E-state index contributed by atoms with van der Waals surface area (Å²) < 4.78 is 20.5. The molecule has 0 bridgehead atoms. The van der Waals surface area contributed by atoms with Crippen molar-refractivity contribution in [3.05, 3.63) is 41.6 Å². The number of halogens is 1. The molecule has 2 aliphatic heterocycles. The highest BCUT2D eigenvalue weighted by atomic mass is 19.1. The smallest absolute Gasteiger partial charge is 0.320 e. The second-order valence-electron chi connectivity index (χ2n) is 6.99. The van der Waals surface area contributed by atoms with Crippen molar-refractivity contribution in [1.82, 2.24) is 9.97 Å².